The molecule has 0 amide bonds. The van der Waals surface area contributed by atoms with Gasteiger partial charge in [-0.25, -0.2) is 0 Å². The van der Waals surface area contributed by atoms with Gasteiger partial charge in [0, 0.05) is 18.2 Å². The highest BCUT2D eigenvalue weighted by Crippen LogP contribution is 2.24. The van der Waals surface area contributed by atoms with Crippen molar-refractivity contribution >= 4 is 0 Å². The minimum Gasteiger partial charge on any atom is -0.492 e. The number of ether oxygens (including phenoxy) is 1. The lowest BCUT2D eigenvalue weighted by atomic mass is 10.0. The molecule has 0 radical (unpaired) electrons. The van der Waals surface area contributed by atoms with Crippen molar-refractivity contribution in [1.29, 1.82) is 0 Å². The molecular weight excluding hydrogens is 286 g/mol. The normalized spacial score (nSPS) is 16.6. The lowest BCUT2D eigenvalue weighted by Gasteiger charge is -2.26. The molecule has 0 aliphatic carbocycles. The summed E-state index contributed by atoms with van der Waals surface area (Å²) < 4.78 is 11.3. The second-order valence-electron chi connectivity index (χ2n) is 5.88. The van der Waals surface area contributed by atoms with Gasteiger partial charge in [0.15, 0.2) is 0 Å². The molecule has 3 heteroatoms. The molecular formula is C20H19NO2. The predicted molar refractivity (Wildman–Crippen MR) is 90.4 cm³/mol. The molecule has 3 nitrogen and oxygen atoms in total. The van der Waals surface area contributed by atoms with Crippen LogP contribution < -0.4 is 10.1 Å². The molecule has 0 spiro atoms. The van der Waals surface area contributed by atoms with Gasteiger partial charge in [-0.3, -0.25) is 0 Å². The van der Waals surface area contributed by atoms with Crippen molar-refractivity contribution < 1.29 is 9.15 Å². The lowest BCUT2D eigenvalue weighted by Crippen LogP contribution is -2.38. The maximum Gasteiger partial charge on any atom is 0.133 e. The first kappa shape index (κ1) is 14.1. The summed E-state index contributed by atoms with van der Waals surface area (Å²) in [6.45, 7) is 1.54. The van der Waals surface area contributed by atoms with Crippen molar-refractivity contribution in [2.75, 3.05) is 6.61 Å². The van der Waals surface area contributed by atoms with Gasteiger partial charge in [0.05, 0.1) is 6.26 Å². The second kappa shape index (κ2) is 6.31. The number of furan rings is 1. The van der Waals surface area contributed by atoms with Crippen LogP contribution in [0.5, 0.6) is 5.75 Å². The zero-order valence-electron chi connectivity index (χ0n) is 12.9. The zero-order chi connectivity index (χ0) is 15.5. The second-order valence-corrected chi connectivity index (χ2v) is 5.88. The van der Waals surface area contributed by atoms with E-state index >= 15 is 0 Å². The molecule has 0 fully saturated rings. The summed E-state index contributed by atoms with van der Waals surface area (Å²) in [5.41, 5.74) is 3.64. The summed E-state index contributed by atoms with van der Waals surface area (Å²) in [5, 5.41) is 3.60. The van der Waals surface area contributed by atoms with Crippen molar-refractivity contribution in [3.63, 3.8) is 0 Å². The summed E-state index contributed by atoms with van der Waals surface area (Å²) in [6.07, 6.45) is 2.71. The molecule has 1 unspecified atom stereocenters. The number of nitrogens with one attached hydrogen (secondary N) is 1. The van der Waals surface area contributed by atoms with Gasteiger partial charge in [0.1, 0.15) is 18.1 Å². The van der Waals surface area contributed by atoms with Gasteiger partial charge < -0.3 is 14.5 Å². The Balaban J connectivity index is 1.41. The molecule has 3 aromatic rings. The monoisotopic (exact) mass is 305 g/mol. The van der Waals surface area contributed by atoms with Gasteiger partial charge in [0.25, 0.3) is 0 Å². The average Bonchev–Trinajstić information content (AvgIpc) is 3.15. The molecule has 0 saturated heterocycles. The fourth-order valence-corrected chi connectivity index (χ4v) is 3.00. The van der Waals surface area contributed by atoms with Crippen LogP contribution in [0.3, 0.4) is 0 Å². The van der Waals surface area contributed by atoms with E-state index in [1.54, 1.807) is 6.26 Å². The molecule has 23 heavy (non-hydrogen) atoms. The largest absolute Gasteiger partial charge is 0.492 e. The first-order chi connectivity index (χ1) is 11.4. The number of benzene rings is 2. The zero-order valence-corrected chi connectivity index (χ0v) is 12.9. The van der Waals surface area contributed by atoms with Gasteiger partial charge in [-0.05, 0) is 41.8 Å². The molecule has 0 saturated carbocycles. The minimum absolute atomic E-state index is 0.345. The van der Waals surface area contributed by atoms with Gasteiger partial charge in [-0.2, -0.15) is 0 Å². The first-order valence-corrected chi connectivity index (χ1v) is 7.95. The quantitative estimate of drug-likeness (QED) is 0.790. The highest BCUT2D eigenvalue weighted by Gasteiger charge is 2.18. The van der Waals surface area contributed by atoms with Crippen LogP contribution in [0.4, 0.5) is 0 Å². The van der Waals surface area contributed by atoms with E-state index in [9.17, 15) is 0 Å². The fraction of sp³-hybridized carbons (Fsp3) is 0.200. The number of fused-ring (bicyclic) bond motifs is 1. The maximum atomic E-state index is 5.83. The molecule has 2 aromatic carbocycles. The molecule has 1 aromatic heterocycles. The Morgan fingerprint density at radius 3 is 2.87 bits per heavy atom. The molecule has 1 N–H and O–H groups in total. The third kappa shape index (κ3) is 3.15. The van der Waals surface area contributed by atoms with Crippen LogP contribution in [0.25, 0.3) is 11.3 Å². The van der Waals surface area contributed by atoms with Crippen LogP contribution in [0.1, 0.15) is 11.1 Å². The topological polar surface area (TPSA) is 34.4 Å². The number of hydrogen-bond acceptors (Lipinski definition) is 3. The van der Waals surface area contributed by atoms with Gasteiger partial charge in [-0.1, -0.05) is 36.4 Å². The number of hydrogen-bond donors (Lipinski definition) is 1. The van der Waals surface area contributed by atoms with Crippen LogP contribution in [0.15, 0.2) is 71.3 Å². The highest BCUT2D eigenvalue weighted by atomic mass is 16.5. The number of rotatable bonds is 4. The smallest absolute Gasteiger partial charge is 0.133 e. The van der Waals surface area contributed by atoms with E-state index < -0.39 is 0 Å². The third-order valence-corrected chi connectivity index (χ3v) is 4.21. The SMILES string of the molecule is c1cc(CNC2COc3ccccc3C2)cc(-c2ccco2)c1. The minimum atomic E-state index is 0.345. The lowest BCUT2D eigenvalue weighted by molar-refractivity contribution is 0.238. The van der Waals surface area contributed by atoms with Crippen LogP contribution in [-0.4, -0.2) is 12.6 Å². The Bertz CT molecular complexity index is 780. The molecule has 116 valence electrons. The Kier molecular flexibility index (Phi) is 3.86. The Morgan fingerprint density at radius 2 is 1.96 bits per heavy atom. The highest BCUT2D eigenvalue weighted by molar-refractivity contribution is 5.58. The van der Waals surface area contributed by atoms with Gasteiger partial charge >= 0.3 is 0 Å². The van der Waals surface area contributed by atoms with Crippen molar-refractivity contribution in [3.8, 4) is 17.1 Å². The van der Waals surface area contributed by atoms with Crippen LogP contribution >= 0.6 is 0 Å². The van der Waals surface area contributed by atoms with Crippen molar-refractivity contribution in [2.24, 2.45) is 0 Å². The van der Waals surface area contributed by atoms with E-state index in [2.05, 4.69) is 41.7 Å². The van der Waals surface area contributed by atoms with Crippen molar-refractivity contribution in [2.45, 2.75) is 19.0 Å². The van der Waals surface area contributed by atoms with Crippen LogP contribution in [-0.2, 0) is 13.0 Å². The summed E-state index contributed by atoms with van der Waals surface area (Å²) in [5.74, 6) is 1.92. The van der Waals surface area contributed by atoms with Crippen molar-refractivity contribution in [3.05, 3.63) is 78.1 Å². The summed E-state index contributed by atoms with van der Waals surface area (Å²) >= 11 is 0. The van der Waals surface area contributed by atoms with E-state index in [1.165, 1.54) is 11.1 Å². The predicted octanol–water partition coefficient (Wildman–Crippen LogP) is 4.04. The van der Waals surface area contributed by atoms with Crippen LogP contribution in [0.2, 0.25) is 0 Å². The Hall–Kier alpha value is -2.52. The molecule has 1 atom stereocenters. The van der Waals surface area contributed by atoms with Gasteiger partial charge in [0.2, 0.25) is 0 Å². The van der Waals surface area contributed by atoms with E-state index in [1.807, 2.05) is 24.3 Å². The van der Waals surface area contributed by atoms with Gasteiger partial charge in [-0.15, -0.1) is 0 Å². The average molecular weight is 305 g/mol. The number of para-hydroxylation sites is 1. The van der Waals surface area contributed by atoms with E-state index in [0.29, 0.717) is 6.04 Å². The van der Waals surface area contributed by atoms with E-state index in [0.717, 1.165) is 36.6 Å². The summed E-state index contributed by atoms with van der Waals surface area (Å²) in [4.78, 5) is 0. The van der Waals surface area contributed by atoms with E-state index in [-0.39, 0.29) is 0 Å². The van der Waals surface area contributed by atoms with Crippen molar-refractivity contribution in [1.82, 2.24) is 5.32 Å². The fourth-order valence-electron chi connectivity index (χ4n) is 3.00. The Morgan fingerprint density at radius 1 is 1.00 bits per heavy atom. The molecule has 1 aliphatic heterocycles. The molecule has 2 heterocycles. The maximum absolute atomic E-state index is 5.83. The third-order valence-electron chi connectivity index (χ3n) is 4.21. The molecule has 0 bridgehead atoms. The first-order valence-electron chi connectivity index (χ1n) is 7.95. The Labute approximate surface area is 135 Å². The standard InChI is InChI=1S/C20H19NO2/c1-2-8-20-17(6-1)12-18(14-23-20)21-13-15-5-3-7-16(11-15)19-9-4-10-22-19/h1-11,18,21H,12-14H2. The molecule has 1 aliphatic rings. The summed E-state index contributed by atoms with van der Waals surface area (Å²) in [6, 6.07) is 21.0. The van der Waals surface area contributed by atoms with Crippen LogP contribution in [0, 0.1) is 0 Å². The van der Waals surface area contributed by atoms with E-state index in [4.69, 9.17) is 9.15 Å². The summed E-state index contributed by atoms with van der Waals surface area (Å²) in [7, 11) is 0. The molecule has 4 rings (SSSR count).